The van der Waals surface area contributed by atoms with Gasteiger partial charge in [0.15, 0.2) is 0 Å². The molecule has 0 radical (unpaired) electrons. The van der Waals surface area contributed by atoms with Crippen molar-refractivity contribution in [3.8, 4) is 0 Å². The predicted octanol–water partition coefficient (Wildman–Crippen LogP) is 1.89. The van der Waals surface area contributed by atoms with Crippen molar-refractivity contribution in [2.75, 3.05) is 13.1 Å². The van der Waals surface area contributed by atoms with E-state index in [9.17, 15) is 13.2 Å². The Morgan fingerprint density at radius 3 is 2.45 bits per heavy atom. The standard InChI is InChI=1S/C12H14Cl2N2O3S/c13-9-4-1-5-10(14)11(9)12(17)16-6-2-3-8(7-16)20(15,18)19/h1,4-5,8H,2-3,6-7H2,(H2,15,18,19). The van der Waals surface area contributed by atoms with Crippen LogP contribution in [-0.2, 0) is 10.0 Å². The van der Waals surface area contributed by atoms with Crippen molar-refractivity contribution < 1.29 is 13.2 Å². The second-order valence-corrected chi connectivity index (χ2v) is 7.36. The molecule has 1 atom stereocenters. The Balaban J connectivity index is 2.26. The van der Waals surface area contributed by atoms with Gasteiger partial charge in [0, 0.05) is 13.1 Å². The molecular weight excluding hydrogens is 323 g/mol. The fourth-order valence-electron chi connectivity index (χ4n) is 2.25. The summed E-state index contributed by atoms with van der Waals surface area (Å²) in [5.74, 6) is -0.367. The fourth-order valence-corrected chi connectivity index (χ4v) is 3.69. The van der Waals surface area contributed by atoms with E-state index in [1.807, 2.05) is 0 Å². The molecule has 110 valence electrons. The number of rotatable bonds is 2. The quantitative estimate of drug-likeness (QED) is 0.895. The summed E-state index contributed by atoms with van der Waals surface area (Å²) in [6.07, 6.45) is 1.04. The van der Waals surface area contributed by atoms with Gasteiger partial charge in [-0.2, -0.15) is 0 Å². The van der Waals surface area contributed by atoms with Crippen LogP contribution in [0.3, 0.4) is 0 Å². The molecule has 5 nitrogen and oxygen atoms in total. The lowest BCUT2D eigenvalue weighted by Crippen LogP contribution is -2.47. The zero-order chi connectivity index (χ0) is 14.9. The van der Waals surface area contributed by atoms with Crippen LogP contribution in [0.15, 0.2) is 18.2 Å². The Morgan fingerprint density at radius 1 is 1.30 bits per heavy atom. The van der Waals surface area contributed by atoms with Crippen LogP contribution in [0.2, 0.25) is 10.0 Å². The number of nitrogens with two attached hydrogens (primary N) is 1. The van der Waals surface area contributed by atoms with Crippen molar-refractivity contribution in [3.63, 3.8) is 0 Å². The predicted molar refractivity (Wildman–Crippen MR) is 78.5 cm³/mol. The van der Waals surface area contributed by atoms with Crippen molar-refractivity contribution in [3.05, 3.63) is 33.8 Å². The molecule has 1 heterocycles. The Morgan fingerprint density at radius 2 is 1.90 bits per heavy atom. The van der Waals surface area contributed by atoms with E-state index < -0.39 is 15.3 Å². The minimum Gasteiger partial charge on any atom is -0.337 e. The number of halogens is 2. The Labute approximate surface area is 127 Å². The third-order valence-corrected chi connectivity index (χ3v) is 5.25. The molecule has 1 aliphatic heterocycles. The van der Waals surface area contributed by atoms with Crippen molar-refractivity contribution in [2.24, 2.45) is 5.14 Å². The van der Waals surface area contributed by atoms with Gasteiger partial charge in [-0.05, 0) is 25.0 Å². The normalized spacial score (nSPS) is 19.9. The van der Waals surface area contributed by atoms with Crippen LogP contribution < -0.4 is 5.14 Å². The molecule has 0 aromatic heterocycles. The first kappa shape index (κ1) is 15.6. The van der Waals surface area contributed by atoms with E-state index in [0.29, 0.717) is 19.4 Å². The van der Waals surface area contributed by atoms with E-state index in [2.05, 4.69) is 0 Å². The highest BCUT2D eigenvalue weighted by Gasteiger charge is 2.32. The lowest BCUT2D eigenvalue weighted by Gasteiger charge is -2.32. The topological polar surface area (TPSA) is 80.5 Å². The summed E-state index contributed by atoms with van der Waals surface area (Å²) in [5, 5.41) is 4.92. The minimum absolute atomic E-state index is 0.0687. The summed E-state index contributed by atoms with van der Waals surface area (Å²) < 4.78 is 22.8. The number of amides is 1. The number of likely N-dealkylation sites (tertiary alicyclic amines) is 1. The van der Waals surface area contributed by atoms with Gasteiger partial charge in [-0.3, -0.25) is 4.79 Å². The number of carbonyl (C=O) groups is 1. The summed E-state index contributed by atoms with van der Waals surface area (Å²) in [6.45, 7) is 0.533. The van der Waals surface area contributed by atoms with Crippen LogP contribution in [0.25, 0.3) is 0 Å². The van der Waals surface area contributed by atoms with E-state index in [1.165, 1.54) is 4.90 Å². The molecule has 1 unspecified atom stereocenters. The van der Waals surface area contributed by atoms with Crippen LogP contribution in [0.5, 0.6) is 0 Å². The summed E-state index contributed by atoms with van der Waals surface area (Å²) in [7, 11) is -3.65. The van der Waals surface area contributed by atoms with Gasteiger partial charge in [-0.15, -0.1) is 0 Å². The van der Waals surface area contributed by atoms with Gasteiger partial charge in [-0.1, -0.05) is 29.3 Å². The van der Waals surface area contributed by atoms with Crippen LogP contribution in [0.1, 0.15) is 23.2 Å². The molecule has 8 heteroatoms. The first-order valence-electron chi connectivity index (χ1n) is 6.05. The number of nitrogens with zero attached hydrogens (tertiary/aromatic N) is 1. The molecule has 1 aromatic carbocycles. The molecule has 0 bridgehead atoms. The molecule has 2 rings (SSSR count). The van der Waals surface area contributed by atoms with Crippen LogP contribution in [-0.4, -0.2) is 37.6 Å². The van der Waals surface area contributed by atoms with Gasteiger partial charge in [0.2, 0.25) is 10.0 Å². The number of sulfonamides is 1. The number of piperidine rings is 1. The van der Waals surface area contributed by atoms with E-state index in [-0.39, 0.29) is 28.1 Å². The molecule has 20 heavy (non-hydrogen) atoms. The molecular formula is C12H14Cl2N2O3S. The Bertz CT molecular complexity index is 613. The SMILES string of the molecule is NS(=O)(=O)C1CCCN(C(=O)c2c(Cl)cccc2Cl)C1. The minimum atomic E-state index is -3.65. The van der Waals surface area contributed by atoms with Crippen LogP contribution in [0, 0.1) is 0 Å². The number of hydrogen-bond acceptors (Lipinski definition) is 3. The van der Waals surface area contributed by atoms with Crippen molar-refractivity contribution in [1.29, 1.82) is 0 Å². The molecule has 1 saturated heterocycles. The van der Waals surface area contributed by atoms with Gasteiger partial charge in [0.25, 0.3) is 5.91 Å². The molecule has 1 aromatic rings. The third kappa shape index (κ3) is 3.25. The summed E-state index contributed by atoms with van der Waals surface area (Å²) in [5.41, 5.74) is 0.200. The van der Waals surface area contributed by atoms with Crippen LogP contribution >= 0.6 is 23.2 Å². The Kier molecular flexibility index (Phi) is 4.59. The van der Waals surface area contributed by atoms with E-state index in [0.717, 1.165) is 0 Å². The zero-order valence-electron chi connectivity index (χ0n) is 10.6. The number of benzene rings is 1. The first-order chi connectivity index (χ1) is 9.30. The smallest absolute Gasteiger partial charge is 0.256 e. The average Bonchev–Trinajstić information content (AvgIpc) is 2.37. The molecule has 1 fully saturated rings. The number of primary sulfonamides is 1. The summed E-state index contributed by atoms with van der Waals surface area (Å²) >= 11 is 12.0. The first-order valence-corrected chi connectivity index (χ1v) is 8.42. The van der Waals surface area contributed by atoms with E-state index >= 15 is 0 Å². The van der Waals surface area contributed by atoms with Crippen LogP contribution in [0.4, 0.5) is 0 Å². The van der Waals surface area contributed by atoms with Crippen molar-refractivity contribution in [2.45, 2.75) is 18.1 Å². The monoisotopic (exact) mass is 336 g/mol. The van der Waals surface area contributed by atoms with Gasteiger partial charge < -0.3 is 4.90 Å². The van der Waals surface area contributed by atoms with Gasteiger partial charge in [-0.25, -0.2) is 13.6 Å². The highest BCUT2D eigenvalue weighted by Crippen LogP contribution is 2.27. The lowest BCUT2D eigenvalue weighted by molar-refractivity contribution is 0.0727. The fraction of sp³-hybridized carbons (Fsp3) is 0.417. The summed E-state index contributed by atoms with van der Waals surface area (Å²) in [4.78, 5) is 13.9. The number of carbonyl (C=O) groups excluding carboxylic acids is 1. The molecule has 0 spiro atoms. The molecule has 0 aliphatic carbocycles. The number of hydrogen-bond donors (Lipinski definition) is 1. The second kappa shape index (κ2) is 5.89. The van der Waals surface area contributed by atoms with Gasteiger partial charge in [0.05, 0.1) is 20.9 Å². The largest absolute Gasteiger partial charge is 0.337 e. The maximum atomic E-state index is 12.4. The van der Waals surface area contributed by atoms with Gasteiger partial charge in [0.1, 0.15) is 0 Å². The van der Waals surface area contributed by atoms with E-state index in [1.54, 1.807) is 18.2 Å². The van der Waals surface area contributed by atoms with E-state index in [4.69, 9.17) is 28.3 Å². The molecule has 1 aliphatic rings. The third-order valence-electron chi connectivity index (χ3n) is 3.31. The second-order valence-electron chi connectivity index (χ2n) is 4.70. The zero-order valence-corrected chi connectivity index (χ0v) is 12.9. The Hall–Kier alpha value is -0.820. The maximum Gasteiger partial charge on any atom is 0.256 e. The van der Waals surface area contributed by atoms with Gasteiger partial charge >= 0.3 is 0 Å². The molecule has 2 N–H and O–H groups in total. The highest BCUT2D eigenvalue weighted by molar-refractivity contribution is 7.89. The summed E-state index contributed by atoms with van der Waals surface area (Å²) in [6, 6.07) is 4.79. The molecule has 1 amide bonds. The maximum absolute atomic E-state index is 12.4. The van der Waals surface area contributed by atoms with Crippen molar-refractivity contribution >= 4 is 39.1 Å². The highest BCUT2D eigenvalue weighted by atomic mass is 35.5. The lowest BCUT2D eigenvalue weighted by atomic mass is 10.1. The average molecular weight is 337 g/mol. The molecule has 0 saturated carbocycles. The van der Waals surface area contributed by atoms with Crippen molar-refractivity contribution in [1.82, 2.24) is 4.90 Å².